The van der Waals surface area contributed by atoms with Crippen molar-refractivity contribution in [1.29, 1.82) is 0 Å². The van der Waals surface area contributed by atoms with Gasteiger partial charge in [-0.1, -0.05) is 35.9 Å². The van der Waals surface area contributed by atoms with Gasteiger partial charge in [-0.2, -0.15) is 0 Å². The molecule has 0 amide bonds. The molecule has 24 heavy (non-hydrogen) atoms. The van der Waals surface area contributed by atoms with Gasteiger partial charge in [-0.25, -0.2) is 4.98 Å². The van der Waals surface area contributed by atoms with Gasteiger partial charge in [0, 0.05) is 30.7 Å². The van der Waals surface area contributed by atoms with Gasteiger partial charge in [-0.15, -0.1) is 11.3 Å². The Morgan fingerprint density at radius 3 is 2.79 bits per heavy atom. The Balaban J connectivity index is 1.49. The minimum atomic E-state index is 0.713. The number of pyridine rings is 1. The quantitative estimate of drug-likeness (QED) is 0.655. The largest absolute Gasteiger partial charge is 0.290 e. The topological polar surface area (TPSA) is 29.0 Å². The molecule has 4 rings (SSSR count). The highest BCUT2D eigenvalue weighted by Crippen LogP contribution is 2.31. The summed E-state index contributed by atoms with van der Waals surface area (Å²) in [6.07, 6.45) is 4.44. The number of thiazole rings is 1. The molecule has 0 saturated heterocycles. The molecule has 4 heteroatoms. The lowest BCUT2D eigenvalue weighted by atomic mass is 10.1. The summed E-state index contributed by atoms with van der Waals surface area (Å²) in [5.74, 6) is 0. The van der Waals surface area contributed by atoms with Crippen LogP contribution >= 0.6 is 11.3 Å². The van der Waals surface area contributed by atoms with Gasteiger partial charge in [0.2, 0.25) is 0 Å². The molecule has 2 aromatic heterocycles. The van der Waals surface area contributed by atoms with Crippen LogP contribution in [0.4, 0.5) is 0 Å². The number of aromatic nitrogens is 2. The molecule has 0 N–H and O–H groups in total. The molecule has 2 heterocycles. The molecule has 1 fully saturated rings. The van der Waals surface area contributed by atoms with Crippen LogP contribution in [0.15, 0.2) is 54.0 Å². The fourth-order valence-electron chi connectivity index (χ4n) is 2.99. The minimum absolute atomic E-state index is 0.713. The highest BCUT2D eigenvalue weighted by atomic mass is 32.1. The maximum absolute atomic E-state index is 4.80. The van der Waals surface area contributed by atoms with E-state index in [0.717, 1.165) is 29.5 Å². The molecule has 0 aliphatic heterocycles. The van der Waals surface area contributed by atoms with Crippen LogP contribution in [-0.2, 0) is 13.1 Å². The zero-order valence-corrected chi connectivity index (χ0v) is 14.7. The zero-order chi connectivity index (χ0) is 16.4. The predicted molar refractivity (Wildman–Crippen MR) is 98.8 cm³/mol. The van der Waals surface area contributed by atoms with Gasteiger partial charge in [0.1, 0.15) is 5.01 Å². The Morgan fingerprint density at radius 1 is 1.12 bits per heavy atom. The normalized spacial score (nSPS) is 14.2. The summed E-state index contributed by atoms with van der Waals surface area (Å²) < 4.78 is 0. The van der Waals surface area contributed by atoms with E-state index in [1.807, 2.05) is 24.4 Å². The lowest BCUT2D eigenvalue weighted by Crippen LogP contribution is -2.25. The summed E-state index contributed by atoms with van der Waals surface area (Å²) in [6.45, 7) is 4.08. The van der Waals surface area contributed by atoms with E-state index in [9.17, 15) is 0 Å². The number of rotatable bonds is 6. The van der Waals surface area contributed by atoms with E-state index in [2.05, 4.69) is 46.5 Å². The van der Waals surface area contributed by atoms with Crippen LogP contribution in [0.25, 0.3) is 10.7 Å². The van der Waals surface area contributed by atoms with E-state index in [-0.39, 0.29) is 0 Å². The average Bonchev–Trinajstić information content (AvgIpc) is 3.35. The highest BCUT2D eigenvalue weighted by Gasteiger charge is 2.29. The monoisotopic (exact) mass is 335 g/mol. The van der Waals surface area contributed by atoms with Crippen molar-refractivity contribution < 1.29 is 0 Å². The molecular weight excluding hydrogens is 314 g/mol. The van der Waals surface area contributed by atoms with E-state index >= 15 is 0 Å². The number of benzene rings is 1. The van der Waals surface area contributed by atoms with Gasteiger partial charge in [0.25, 0.3) is 0 Å². The molecule has 1 saturated carbocycles. The minimum Gasteiger partial charge on any atom is -0.290 e. The molecule has 1 aromatic carbocycles. The first-order valence-corrected chi connectivity index (χ1v) is 9.31. The summed E-state index contributed by atoms with van der Waals surface area (Å²) in [5, 5.41) is 3.19. The van der Waals surface area contributed by atoms with Crippen molar-refractivity contribution in [2.75, 3.05) is 0 Å². The summed E-state index contributed by atoms with van der Waals surface area (Å²) in [6, 6.07) is 15.5. The summed E-state index contributed by atoms with van der Waals surface area (Å²) in [5.41, 5.74) is 4.84. The Hall–Kier alpha value is -2.04. The van der Waals surface area contributed by atoms with Crippen molar-refractivity contribution in [3.05, 3.63) is 70.9 Å². The average molecular weight is 335 g/mol. The van der Waals surface area contributed by atoms with Crippen molar-refractivity contribution in [3.8, 4) is 10.7 Å². The zero-order valence-electron chi connectivity index (χ0n) is 13.9. The van der Waals surface area contributed by atoms with E-state index in [0.29, 0.717) is 6.04 Å². The third-order valence-corrected chi connectivity index (χ3v) is 5.25. The van der Waals surface area contributed by atoms with Crippen molar-refractivity contribution >= 4 is 11.3 Å². The van der Waals surface area contributed by atoms with Gasteiger partial charge in [-0.05, 0) is 37.5 Å². The smallest absolute Gasteiger partial charge is 0.142 e. The van der Waals surface area contributed by atoms with E-state index in [1.54, 1.807) is 11.3 Å². The lowest BCUT2D eigenvalue weighted by molar-refractivity contribution is 0.243. The molecule has 3 nitrogen and oxygen atoms in total. The van der Waals surface area contributed by atoms with E-state index in [1.165, 1.54) is 24.0 Å². The molecule has 0 atom stereocenters. The lowest BCUT2D eigenvalue weighted by Gasteiger charge is -2.21. The van der Waals surface area contributed by atoms with Crippen LogP contribution in [0.1, 0.15) is 29.7 Å². The summed E-state index contributed by atoms with van der Waals surface area (Å²) in [7, 11) is 0. The van der Waals surface area contributed by atoms with Crippen molar-refractivity contribution in [1.82, 2.24) is 14.9 Å². The van der Waals surface area contributed by atoms with E-state index < -0.39 is 0 Å². The number of nitrogens with zero attached hydrogens (tertiary/aromatic N) is 3. The Bertz CT molecular complexity index is 809. The predicted octanol–water partition coefficient (Wildman–Crippen LogP) is 4.68. The van der Waals surface area contributed by atoms with Crippen molar-refractivity contribution in [2.45, 2.75) is 38.9 Å². The Morgan fingerprint density at radius 2 is 2.04 bits per heavy atom. The number of hydrogen-bond acceptors (Lipinski definition) is 4. The van der Waals surface area contributed by atoms with Crippen molar-refractivity contribution in [2.24, 2.45) is 0 Å². The van der Waals surface area contributed by atoms with Crippen LogP contribution in [0.5, 0.6) is 0 Å². The maximum atomic E-state index is 4.80. The third-order valence-electron chi connectivity index (χ3n) is 4.33. The highest BCUT2D eigenvalue weighted by molar-refractivity contribution is 7.13. The Kier molecular flexibility index (Phi) is 4.41. The van der Waals surface area contributed by atoms with Crippen LogP contribution in [-0.4, -0.2) is 20.9 Å². The summed E-state index contributed by atoms with van der Waals surface area (Å²) in [4.78, 5) is 11.8. The molecule has 0 unspecified atom stereocenters. The van der Waals surface area contributed by atoms with Crippen LogP contribution in [0, 0.1) is 6.92 Å². The molecule has 122 valence electrons. The van der Waals surface area contributed by atoms with Crippen molar-refractivity contribution in [3.63, 3.8) is 0 Å². The second-order valence-electron chi connectivity index (χ2n) is 6.48. The maximum Gasteiger partial charge on any atom is 0.142 e. The fraction of sp³-hybridized carbons (Fsp3) is 0.300. The fourth-order valence-corrected chi connectivity index (χ4v) is 3.78. The van der Waals surface area contributed by atoms with E-state index in [4.69, 9.17) is 4.98 Å². The molecule has 3 aromatic rings. The second kappa shape index (κ2) is 6.83. The van der Waals surface area contributed by atoms with Gasteiger partial charge in [0.15, 0.2) is 0 Å². The first-order valence-electron chi connectivity index (χ1n) is 8.43. The molecule has 1 aliphatic rings. The van der Waals surface area contributed by atoms with Gasteiger partial charge in [0.05, 0.1) is 11.4 Å². The molecular formula is C20H21N3S. The molecule has 1 aliphatic carbocycles. The standard InChI is InChI=1S/C20H21N3S/c1-15-5-4-6-16(11-15)12-23(18-8-9-18)13-17-14-24-20(22-17)19-7-2-3-10-21-19/h2-7,10-11,14,18H,8-9,12-13H2,1H3. The van der Waals surface area contributed by atoms with Gasteiger partial charge >= 0.3 is 0 Å². The van der Waals surface area contributed by atoms with Gasteiger partial charge in [-0.3, -0.25) is 9.88 Å². The van der Waals surface area contributed by atoms with Gasteiger partial charge < -0.3 is 0 Å². The van der Waals surface area contributed by atoms with Crippen LogP contribution < -0.4 is 0 Å². The second-order valence-corrected chi connectivity index (χ2v) is 7.34. The summed E-state index contributed by atoms with van der Waals surface area (Å²) >= 11 is 1.69. The molecule has 0 spiro atoms. The van der Waals surface area contributed by atoms with Crippen LogP contribution in [0.3, 0.4) is 0 Å². The first-order chi connectivity index (χ1) is 11.8. The Labute approximate surface area is 147 Å². The third kappa shape index (κ3) is 3.71. The number of hydrogen-bond donors (Lipinski definition) is 0. The molecule has 0 radical (unpaired) electrons. The number of aryl methyl sites for hydroxylation is 1. The first kappa shape index (κ1) is 15.5. The SMILES string of the molecule is Cc1cccc(CN(Cc2csc(-c3ccccn3)n2)C2CC2)c1. The molecule has 0 bridgehead atoms. The van der Waals surface area contributed by atoms with Crippen LogP contribution in [0.2, 0.25) is 0 Å².